The quantitative estimate of drug-likeness (QED) is 0.576. The summed E-state index contributed by atoms with van der Waals surface area (Å²) >= 11 is 0. The third-order valence-electron chi connectivity index (χ3n) is 1.77. The molecule has 3 N–H and O–H groups in total. The summed E-state index contributed by atoms with van der Waals surface area (Å²) in [7, 11) is 6.96. The van der Waals surface area contributed by atoms with Gasteiger partial charge < -0.3 is 11.0 Å². The van der Waals surface area contributed by atoms with Crippen LogP contribution in [0.2, 0.25) is 0 Å². The zero-order chi connectivity index (χ0) is 10.4. The molecule has 0 saturated heterocycles. The Bertz CT molecular complexity index is 319. The minimum absolute atomic E-state index is 0. The number of carbonyl (C=O) groups is 1. The van der Waals surface area contributed by atoms with Gasteiger partial charge in [0, 0.05) is 0 Å². The molecule has 0 amide bonds. The van der Waals surface area contributed by atoms with Gasteiger partial charge in [-0.05, 0) is 0 Å². The number of rotatable bonds is 4. The fourth-order valence-electron chi connectivity index (χ4n) is 1.06. The number of hydrogen-bond acceptors (Lipinski definition) is 5. The van der Waals surface area contributed by atoms with E-state index < -0.39 is 0 Å². The summed E-state index contributed by atoms with van der Waals surface area (Å²) in [5, 5.41) is 3.07. The number of carbonyl (C=O) groups excluding carboxylic acids is 1. The predicted octanol–water partition coefficient (Wildman–Crippen LogP) is 0.102. The number of methoxy groups -OCH3 is 1. The second kappa shape index (κ2) is 8.76. The zero-order valence-corrected chi connectivity index (χ0v) is 9.01. The Morgan fingerprint density at radius 2 is 2.12 bits per heavy atom. The van der Waals surface area contributed by atoms with E-state index in [1.807, 2.05) is 24.3 Å². The summed E-state index contributed by atoms with van der Waals surface area (Å²) < 4.78 is 4.51. The van der Waals surface area contributed by atoms with E-state index in [9.17, 15) is 4.79 Å². The first-order valence-electron chi connectivity index (χ1n) is 4.38. The van der Waals surface area contributed by atoms with Crippen molar-refractivity contribution in [2.24, 2.45) is 0 Å². The molecule has 0 unspecified atom stereocenters. The molecule has 86 valence electrons. The van der Waals surface area contributed by atoms with Gasteiger partial charge in [0.05, 0.1) is 0 Å². The molecule has 0 aliphatic heterocycles. The van der Waals surface area contributed by atoms with Crippen molar-refractivity contribution in [3.05, 3.63) is 24.3 Å². The van der Waals surface area contributed by atoms with Gasteiger partial charge in [0.1, 0.15) is 0 Å². The molecular weight excluding hydrogens is 209 g/mol. The zero-order valence-electron chi connectivity index (χ0n) is 9.01. The molecule has 0 aliphatic carbocycles. The van der Waals surface area contributed by atoms with E-state index in [4.69, 9.17) is 7.85 Å². The molecular formula is C10H14BNO4. The van der Waals surface area contributed by atoms with Crippen LogP contribution in [-0.2, 0) is 9.53 Å². The Hall–Kier alpha value is -1.53. The molecule has 5 nitrogen and oxygen atoms in total. The van der Waals surface area contributed by atoms with Crippen molar-refractivity contribution in [1.29, 1.82) is 0 Å². The van der Waals surface area contributed by atoms with Gasteiger partial charge in [0.2, 0.25) is 0 Å². The molecule has 0 radical (unpaired) electrons. The van der Waals surface area contributed by atoms with Crippen molar-refractivity contribution in [3.8, 4) is 0 Å². The number of esters is 1. The average Bonchev–Trinajstić information content (AvgIpc) is 2.17. The van der Waals surface area contributed by atoms with E-state index in [0.29, 0.717) is 18.4 Å². The molecule has 0 fully saturated rings. The fourth-order valence-corrected chi connectivity index (χ4v) is 1.06. The minimum Gasteiger partial charge on any atom is -0.870 e. The summed E-state index contributed by atoms with van der Waals surface area (Å²) in [4.78, 5) is 10.8. The van der Waals surface area contributed by atoms with Crippen molar-refractivity contribution in [3.63, 3.8) is 0 Å². The van der Waals surface area contributed by atoms with Gasteiger partial charge in [-0.1, -0.05) is 0 Å². The first-order chi connectivity index (χ1) is 6.72. The van der Waals surface area contributed by atoms with Gasteiger partial charge >= 0.3 is 84.2 Å². The molecule has 6 heteroatoms. The molecule has 0 aliphatic rings. The molecule has 16 heavy (non-hydrogen) atoms. The van der Waals surface area contributed by atoms with Gasteiger partial charge in [-0.2, -0.15) is 0 Å². The molecule has 1 aromatic rings. The Balaban J connectivity index is 0. The number of benzene rings is 1. The van der Waals surface area contributed by atoms with E-state index in [-0.39, 0.29) is 16.9 Å². The second-order valence-corrected chi connectivity index (χ2v) is 2.88. The van der Waals surface area contributed by atoms with Crippen molar-refractivity contribution in [1.82, 2.24) is 0 Å². The number of hydrogen-bond donors (Lipinski definition) is 1. The van der Waals surface area contributed by atoms with Gasteiger partial charge in [-0.25, -0.2) is 0 Å². The summed E-state index contributed by atoms with van der Waals surface area (Å²) in [6, 6.07) is 7.38. The van der Waals surface area contributed by atoms with E-state index in [1.54, 1.807) is 0 Å². The average molecular weight is 223 g/mol. The van der Waals surface area contributed by atoms with Crippen LogP contribution in [0.3, 0.4) is 0 Å². The summed E-state index contributed by atoms with van der Waals surface area (Å²) in [6.07, 6.45) is 0.352. The van der Waals surface area contributed by atoms with Crippen molar-refractivity contribution < 1.29 is 20.5 Å². The topological polar surface area (TPSA) is 98.3 Å². The van der Waals surface area contributed by atoms with Gasteiger partial charge in [0.15, 0.2) is 0 Å². The van der Waals surface area contributed by atoms with Crippen LogP contribution in [0.15, 0.2) is 24.3 Å². The Morgan fingerprint density at radius 1 is 1.44 bits per heavy atom. The first-order valence-corrected chi connectivity index (χ1v) is 4.38. The van der Waals surface area contributed by atoms with Crippen molar-refractivity contribution in [2.75, 3.05) is 19.0 Å². The summed E-state index contributed by atoms with van der Waals surface area (Å²) in [5.41, 5.74) is 1.61. The SMILES string of the molecule is [B+2]c1cccc(NCCC(=O)OC)c1.[OH-].[OH-]. The van der Waals surface area contributed by atoms with Crippen molar-refractivity contribution >= 4 is 25.0 Å². The number of anilines is 1. The standard InChI is InChI=1S/C10H12BNO2.2H2O/c1-14-10(13)5-6-12-9-4-2-3-8(11)7-9;;/h2-4,7,12H,5-6H2,1H3;2*1H2/q+2;;/p-2. The molecule has 1 aromatic carbocycles. The maximum atomic E-state index is 10.8. The van der Waals surface area contributed by atoms with Crippen LogP contribution in [0.5, 0.6) is 0 Å². The van der Waals surface area contributed by atoms with E-state index >= 15 is 0 Å². The largest absolute Gasteiger partial charge is 0.870 e. The van der Waals surface area contributed by atoms with Crippen molar-refractivity contribution in [2.45, 2.75) is 6.42 Å². The number of ether oxygens (including phenoxy) is 1. The maximum Gasteiger partial charge on any atom is -0.870 e. The van der Waals surface area contributed by atoms with Crippen LogP contribution in [-0.4, -0.2) is 38.4 Å². The third kappa shape index (κ3) is 6.05. The van der Waals surface area contributed by atoms with Gasteiger partial charge in [0.25, 0.3) is 0 Å². The molecule has 0 bridgehead atoms. The molecule has 0 aromatic heterocycles. The Labute approximate surface area is 95.8 Å². The van der Waals surface area contributed by atoms with Crippen LogP contribution in [0.1, 0.15) is 6.42 Å². The van der Waals surface area contributed by atoms with Gasteiger partial charge in [-0.15, -0.1) is 0 Å². The van der Waals surface area contributed by atoms with Crippen LogP contribution in [0.25, 0.3) is 0 Å². The summed E-state index contributed by atoms with van der Waals surface area (Å²) in [5.74, 6) is -0.221. The fraction of sp³-hybridized carbons (Fsp3) is 0.300. The van der Waals surface area contributed by atoms with Crippen LogP contribution < -0.4 is 10.8 Å². The first kappa shape index (κ1) is 16.9. The molecule has 0 atom stereocenters. The Kier molecular flexibility index (Phi) is 9.24. The molecule has 0 saturated carbocycles. The van der Waals surface area contributed by atoms with Crippen LogP contribution in [0.4, 0.5) is 5.69 Å². The minimum atomic E-state index is -0.221. The molecule has 1 rings (SSSR count). The smallest absolute Gasteiger partial charge is 0.870 e. The summed E-state index contributed by atoms with van der Waals surface area (Å²) in [6.45, 7) is 0.552. The van der Waals surface area contributed by atoms with Gasteiger partial charge in [-0.3, -0.25) is 0 Å². The van der Waals surface area contributed by atoms with E-state index in [1.165, 1.54) is 7.11 Å². The molecule has 0 heterocycles. The Morgan fingerprint density at radius 3 is 2.69 bits per heavy atom. The third-order valence-corrected chi connectivity index (χ3v) is 1.77. The van der Waals surface area contributed by atoms with E-state index in [2.05, 4.69) is 10.1 Å². The monoisotopic (exact) mass is 223 g/mol. The second-order valence-electron chi connectivity index (χ2n) is 2.88. The van der Waals surface area contributed by atoms with Crippen LogP contribution in [0, 0.1) is 0 Å². The maximum absolute atomic E-state index is 10.8. The van der Waals surface area contributed by atoms with E-state index in [0.717, 1.165) is 5.69 Å². The molecule has 0 spiro atoms. The number of nitrogens with one attached hydrogen (secondary N) is 1. The van der Waals surface area contributed by atoms with Crippen LogP contribution >= 0.6 is 0 Å². The normalized spacial score (nSPS) is 8.44. The predicted molar refractivity (Wildman–Crippen MR) is 60.8 cm³/mol.